The second-order valence-corrected chi connectivity index (χ2v) is 31.9. The van der Waals surface area contributed by atoms with Gasteiger partial charge in [0.15, 0.2) is 0 Å². The summed E-state index contributed by atoms with van der Waals surface area (Å²) in [6, 6.07) is 25.5. The van der Waals surface area contributed by atoms with Gasteiger partial charge in [0, 0.05) is 62.2 Å². The first-order valence-corrected chi connectivity index (χ1v) is 35.0. The van der Waals surface area contributed by atoms with Crippen LogP contribution in [0.2, 0.25) is 10.3 Å². The third-order valence-electron chi connectivity index (χ3n) is 24.7. The summed E-state index contributed by atoms with van der Waals surface area (Å²) in [6.07, 6.45) is 6.98. The van der Waals surface area contributed by atoms with Gasteiger partial charge in [-0.05, 0) is 147 Å². The number of esters is 4. The molecule has 4 heterocycles. The fourth-order valence-corrected chi connectivity index (χ4v) is 19.6. The predicted molar refractivity (Wildman–Crippen MR) is 369 cm³/mol. The number of hydrogen-bond acceptors (Lipinski definition) is 12. The average Bonchev–Trinajstić information content (AvgIpc) is 1.55. The first kappa shape index (κ1) is 70.3. The third kappa shape index (κ3) is 10.4. The van der Waals surface area contributed by atoms with Gasteiger partial charge < -0.3 is 18.9 Å². The van der Waals surface area contributed by atoms with E-state index in [4.69, 9.17) is 42.1 Å². The lowest BCUT2D eigenvalue weighted by molar-refractivity contribution is -0.0689. The summed E-state index contributed by atoms with van der Waals surface area (Å²) in [5.74, 6) is -0.792. The number of aromatic nitrogens is 8. The maximum atomic E-state index is 13.3. The zero-order valence-electron chi connectivity index (χ0n) is 59.5. The summed E-state index contributed by atoms with van der Waals surface area (Å²) in [4.78, 5) is 51.5. The van der Waals surface area contributed by atoms with Crippen LogP contribution in [0.5, 0.6) is 0 Å². The Bertz CT molecular complexity index is 4390. The summed E-state index contributed by atoms with van der Waals surface area (Å²) in [6.45, 7) is 25.4. The Morgan fingerprint density at radius 2 is 0.660 bits per heavy atom. The van der Waals surface area contributed by atoms with E-state index in [0.29, 0.717) is 57.9 Å². The van der Waals surface area contributed by atoms with Crippen LogP contribution in [-0.4, -0.2) is 63.0 Å². The maximum Gasteiger partial charge on any atom is 0.343 e. The molecule has 0 amide bonds. The normalized spacial score (nSPS) is 26.0. The molecule has 0 radical (unpaired) electrons. The molecule has 16 nitrogen and oxygen atoms in total. The van der Waals surface area contributed by atoms with Crippen molar-refractivity contribution >= 4 is 47.1 Å². The van der Waals surface area contributed by atoms with E-state index in [-0.39, 0.29) is 32.8 Å². The number of aryl methyl sites for hydroxylation is 8. The number of hydrogen-bond donors (Lipinski definition) is 0. The van der Waals surface area contributed by atoms with E-state index >= 15 is 0 Å². The van der Waals surface area contributed by atoms with Gasteiger partial charge in [0.1, 0.15) is 66.4 Å². The second-order valence-electron chi connectivity index (χ2n) is 31.2. The molecule has 100 heavy (non-hydrogen) atoms. The van der Waals surface area contributed by atoms with E-state index in [0.717, 1.165) is 71.9 Å². The number of rotatable bonds is 10. The van der Waals surface area contributed by atoms with Crippen molar-refractivity contribution in [2.75, 3.05) is 0 Å². The highest BCUT2D eigenvalue weighted by Crippen LogP contribution is 2.72. The van der Waals surface area contributed by atoms with Crippen LogP contribution in [0.4, 0.5) is 17.6 Å². The molecule has 0 saturated heterocycles. The zero-order valence-corrected chi connectivity index (χ0v) is 61.0. The molecule has 4 aromatic heterocycles. The second kappa shape index (κ2) is 24.3. The van der Waals surface area contributed by atoms with E-state index in [1.165, 1.54) is 91.0 Å². The Kier molecular flexibility index (Phi) is 17.1. The van der Waals surface area contributed by atoms with Gasteiger partial charge in [-0.3, -0.25) is 18.7 Å². The number of nitrogens with zero attached hydrogens (tertiary/aromatic N) is 8. The summed E-state index contributed by atoms with van der Waals surface area (Å²) in [7, 11) is 6.46. The van der Waals surface area contributed by atoms with Crippen molar-refractivity contribution in [1.29, 1.82) is 0 Å². The minimum atomic E-state index is -2.82. The van der Waals surface area contributed by atoms with E-state index < -0.39 is 70.5 Å². The van der Waals surface area contributed by atoms with Gasteiger partial charge in [-0.2, -0.15) is 20.4 Å². The molecule has 0 N–H and O–H groups in total. The number of halogens is 6. The molecule has 528 valence electrons. The molecule has 4 saturated carbocycles. The molecular formula is C78H86Cl2F4N8O8. The average molecular weight is 1410 g/mol. The lowest BCUT2D eigenvalue weighted by Gasteiger charge is -2.38. The van der Waals surface area contributed by atoms with Crippen LogP contribution in [0.3, 0.4) is 0 Å². The van der Waals surface area contributed by atoms with Crippen LogP contribution in [-0.2, 0) is 69.5 Å². The molecule has 4 fully saturated rings. The summed E-state index contributed by atoms with van der Waals surface area (Å²) >= 11 is 12.4. The lowest BCUT2D eigenvalue weighted by atomic mass is 9.76. The quantitative estimate of drug-likeness (QED) is 0.0720. The molecule has 0 spiro atoms. The van der Waals surface area contributed by atoms with Gasteiger partial charge in [0.2, 0.25) is 0 Å². The third-order valence-corrected chi connectivity index (χ3v) is 25.6. The standard InChI is InChI=1S/2C20H22F2N2O2.2C19H21ClN2O2/c2*1-11-5-6-12-14-7-8-20(15(12)9-11,19(14,2)3)26-18(25)13-10-24(4)23-16(13)17(21)22;2*1-11-5-6-12-14-7-8-19(15(12)9-11,18(14,2)3)24-17(23)13-10-21-22(4)16(13)20/h2*5-6,9-10,14,17H,7-8H2,1-4H3;2*5-6,9-10,14H,7-8H2,1-4H3. The van der Waals surface area contributed by atoms with E-state index in [9.17, 15) is 36.7 Å². The monoisotopic (exact) mass is 1410 g/mol. The molecule has 8 unspecified atom stereocenters. The largest absolute Gasteiger partial charge is 0.450 e. The molecule has 8 aliphatic carbocycles. The van der Waals surface area contributed by atoms with Crippen LogP contribution < -0.4 is 0 Å². The Balaban J connectivity index is 0.000000120. The molecule has 8 atom stereocenters. The van der Waals surface area contributed by atoms with Gasteiger partial charge in [0.05, 0.1) is 12.4 Å². The van der Waals surface area contributed by atoms with Gasteiger partial charge in [0.25, 0.3) is 12.9 Å². The minimum Gasteiger partial charge on any atom is -0.450 e. The van der Waals surface area contributed by atoms with Crippen molar-refractivity contribution in [3.63, 3.8) is 0 Å². The summed E-state index contributed by atoms with van der Waals surface area (Å²) in [5, 5.41) is 16.2. The highest BCUT2D eigenvalue weighted by Gasteiger charge is 2.68. The van der Waals surface area contributed by atoms with Crippen LogP contribution in [0.25, 0.3) is 0 Å². The van der Waals surface area contributed by atoms with Crippen molar-refractivity contribution in [2.24, 2.45) is 49.9 Å². The Morgan fingerprint density at radius 1 is 0.420 bits per heavy atom. The van der Waals surface area contributed by atoms with Crippen LogP contribution in [0.1, 0.15) is 263 Å². The molecule has 0 aliphatic heterocycles. The Hall–Kier alpha value is -8.10. The fourth-order valence-electron chi connectivity index (χ4n) is 19.2. The van der Waals surface area contributed by atoms with E-state index in [1.54, 1.807) is 14.1 Å². The summed E-state index contributed by atoms with van der Waals surface area (Å²) in [5.41, 5.74) is 9.71. The molecule has 8 aromatic rings. The van der Waals surface area contributed by atoms with Crippen molar-refractivity contribution in [3.8, 4) is 0 Å². The molecule has 22 heteroatoms. The molecule has 4 aromatic carbocycles. The highest BCUT2D eigenvalue weighted by atomic mass is 35.5. The van der Waals surface area contributed by atoms with Gasteiger partial charge >= 0.3 is 23.9 Å². The van der Waals surface area contributed by atoms with Crippen molar-refractivity contribution in [1.82, 2.24) is 39.1 Å². The maximum absolute atomic E-state index is 13.3. The number of benzene rings is 4. The predicted octanol–water partition coefficient (Wildman–Crippen LogP) is 18.0. The van der Waals surface area contributed by atoms with E-state index in [1.807, 2.05) is 13.8 Å². The van der Waals surface area contributed by atoms with Crippen LogP contribution in [0.15, 0.2) is 97.6 Å². The first-order valence-electron chi connectivity index (χ1n) is 34.3. The Labute approximate surface area is 590 Å². The van der Waals surface area contributed by atoms with Crippen LogP contribution >= 0.6 is 23.2 Å². The van der Waals surface area contributed by atoms with Gasteiger partial charge in [-0.25, -0.2) is 36.7 Å². The van der Waals surface area contributed by atoms with E-state index in [2.05, 4.69) is 162 Å². The topological polar surface area (TPSA) is 176 Å². The van der Waals surface area contributed by atoms with Crippen molar-refractivity contribution < 1.29 is 55.7 Å². The fraction of sp³-hybridized carbons (Fsp3) is 0.487. The summed E-state index contributed by atoms with van der Waals surface area (Å²) < 4.78 is 82.9. The number of fused-ring (bicyclic) bond motifs is 20. The minimum absolute atomic E-state index is 0.131. The SMILES string of the molecule is Cc1ccc2c(c1)C1(OC(=O)c3cn(C)nc3C(F)F)CCC2C1(C)C.Cc1ccc2c(c1)C1(OC(=O)c3cn(C)nc3C(F)F)CCC2C1(C)C.Cc1ccc2c(c1)C1(OC(=O)c3cnn(C)c3Cl)CCC2C1(C)C.Cc1ccc2c(c1)C1(OC(=O)c3cnn(C)c3Cl)CCC2C1(C)C. The number of carbonyl (C=O) groups excluding carboxylic acids is 4. The van der Waals surface area contributed by atoms with Gasteiger partial charge in [-0.1, -0.05) is 174 Å². The molecule has 8 bridgehead atoms. The first-order chi connectivity index (χ1) is 46.9. The van der Waals surface area contributed by atoms with Crippen LogP contribution in [0, 0.1) is 49.4 Å². The lowest BCUT2D eigenvalue weighted by Crippen LogP contribution is -2.39. The Morgan fingerprint density at radius 3 is 0.880 bits per heavy atom. The number of ether oxygens (including phenoxy) is 4. The number of alkyl halides is 4. The highest BCUT2D eigenvalue weighted by molar-refractivity contribution is 6.33. The molecule has 16 rings (SSSR count). The zero-order chi connectivity index (χ0) is 72.3. The smallest absolute Gasteiger partial charge is 0.343 e. The molecular weight excluding hydrogens is 1320 g/mol. The van der Waals surface area contributed by atoms with Gasteiger partial charge in [-0.15, -0.1) is 0 Å². The van der Waals surface area contributed by atoms with Crippen molar-refractivity contribution in [2.45, 2.75) is 193 Å². The number of carbonyl (C=O) groups is 4. The van der Waals surface area contributed by atoms with Crippen molar-refractivity contribution in [3.05, 3.63) is 208 Å². The molecule has 8 aliphatic rings.